The van der Waals surface area contributed by atoms with Gasteiger partial charge in [0.2, 0.25) is 0 Å². The van der Waals surface area contributed by atoms with E-state index in [-0.39, 0.29) is 6.42 Å². The molecular weight excluding hydrogens is 234 g/mol. The van der Waals surface area contributed by atoms with E-state index in [1.807, 2.05) is 6.07 Å². The zero-order chi connectivity index (χ0) is 9.84. The van der Waals surface area contributed by atoms with Crippen LogP contribution in [-0.4, -0.2) is 11.1 Å². The molecule has 3 nitrogen and oxygen atoms in total. The lowest BCUT2D eigenvalue weighted by Crippen LogP contribution is -2.00. The number of carboxylic acids is 1. The highest BCUT2D eigenvalue weighted by atomic mass is 79.9. The molecule has 1 aromatic carbocycles. The Morgan fingerprint density at radius 3 is 2.77 bits per heavy atom. The third-order valence-corrected chi connectivity index (χ3v) is 1.90. The van der Waals surface area contributed by atoms with Gasteiger partial charge in [-0.3, -0.25) is 4.79 Å². The van der Waals surface area contributed by atoms with Gasteiger partial charge < -0.3 is 5.11 Å². The highest BCUT2D eigenvalue weighted by molar-refractivity contribution is 9.10. The minimum atomic E-state index is -0.901. The second-order valence-corrected chi connectivity index (χ2v) is 3.45. The van der Waals surface area contributed by atoms with Crippen molar-refractivity contribution in [1.82, 2.24) is 0 Å². The van der Waals surface area contributed by atoms with Gasteiger partial charge in [0.1, 0.15) is 0 Å². The fraction of sp³-hybridized carbons (Fsp3) is 0.111. The number of rotatable bonds is 2. The van der Waals surface area contributed by atoms with Crippen LogP contribution >= 0.6 is 15.9 Å². The highest BCUT2D eigenvalue weighted by Crippen LogP contribution is 2.15. The van der Waals surface area contributed by atoms with E-state index < -0.39 is 5.97 Å². The van der Waals surface area contributed by atoms with Crippen LogP contribution in [0.3, 0.4) is 0 Å². The molecular formula is C9H6BrNO2. The van der Waals surface area contributed by atoms with Gasteiger partial charge in [-0.05, 0) is 23.8 Å². The molecule has 1 rings (SSSR count). The Bertz CT molecular complexity index is 382. The lowest BCUT2D eigenvalue weighted by atomic mass is 10.1. The van der Waals surface area contributed by atoms with Crippen LogP contribution in [0, 0.1) is 11.3 Å². The number of aliphatic carboxylic acids is 1. The molecule has 0 unspecified atom stereocenters. The predicted octanol–water partition coefficient (Wildman–Crippen LogP) is 1.95. The number of hydrogen-bond acceptors (Lipinski definition) is 2. The average Bonchev–Trinajstić information content (AvgIpc) is 2.01. The quantitative estimate of drug-likeness (QED) is 0.859. The van der Waals surface area contributed by atoms with Gasteiger partial charge in [0.05, 0.1) is 18.1 Å². The summed E-state index contributed by atoms with van der Waals surface area (Å²) in [7, 11) is 0. The van der Waals surface area contributed by atoms with Gasteiger partial charge >= 0.3 is 5.97 Å². The summed E-state index contributed by atoms with van der Waals surface area (Å²) in [6, 6.07) is 6.86. The first kappa shape index (κ1) is 9.75. The van der Waals surface area contributed by atoms with Crippen molar-refractivity contribution in [3.63, 3.8) is 0 Å². The Labute approximate surface area is 83.7 Å². The van der Waals surface area contributed by atoms with Gasteiger partial charge in [-0.25, -0.2) is 0 Å². The summed E-state index contributed by atoms with van der Waals surface area (Å²) >= 11 is 3.20. The van der Waals surface area contributed by atoms with Crippen LogP contribution in [0.15, 0.2) is 22.7 Å². The second kappa shape index (κ2) is 4.06. The normalized spacial score (nSPS) is 9.23. The Hall–Kier alpha value is -1.34. The maximum Gasteiger partial charge on any atom is 0.307 e. The zero-order valence-corrected chi connectivity index (χ0v) is 8.21. The minimum absolute atomic E-state index is 0.0614. The molecule has 0 spiro atoms. The van der Waals surface area contributed by atoms with Crippen LogP contribution in [0.25, 0.3) is 0 Å². The molecule has 0 aliphatic rings. The van der Waals surface area contributed by atoms with E-state index in [1.54, 1.807) is 18.2 Å². The smallest absolute Gasteiger partial charge is 0.307 e. The number of nitriles is 1. The van der Waals surface area contributed by atoms with Crippen LogP contribution in [0.5, 0.6) is 0 Å². The van der Waals surface area contributed by atoms with Crippen molar-refractivity contribution >= 4 is 21.9 Å². The molecule has 0 atom stereocenters. The molecule has 0 aromatic heterocycles. The largest absolute Gasteiger partial charge is 0.481 e. The molecule has 0 heterocycles. The van der Waals surface area contributed by atoms with Crippen molar-refractivity contribution in [3.05, 3.63) is 33.8 Å². The second-order valence-electron chi connectivity index (χ2n) is 2.53. The SMILES string of the molecule is N#Cc1cc(Br)cc(CC(=O)O)c1. The molecule has 0 amide bonds. The van der Waals surface area contributed by atoms with Gasteiger partial charge in [0, 0.05) is 4.47 Å². The van der Waals surface area contributed by atoms with Crippen molar-refractivity contribution in [2.75, 3.05) is 0 Å². The van der Waals surface area contributed by atoms with E-state index in [0.717, 1.165) is 4.47 Å². The van der Waals surface area contributed by atoms with Crippen LogP contribution in [-0.2, 0) is 11.2 Å². The predicted molar refractivity (Wildman–Crippen MR) is 50.2 cm³/mol. The lowest BCUT2D eigenvalue weighted by molar-refractivity contribution is -0.136. The summed E-state index contributed by atoms with van der Waals surface area (Å²) in [5, 5.41) is 17.1. The molecule has 66 valence electrons. The summed E-state index contributed by atoms with van der Waals surface area (Å²) in [6.45, 7) is 0. The minimum Gasteiger partial charge on any atom is -0.481 e. The number of benzene rings is 1. The topological polar surface area (TPSA) is 61.1 Å². The van der Waals surface area contributed by atoms with Crippen LogP contribution in [0.4, 0.5) is 0 Å². The Morgan fingerprint density at radius 1 is 1.54 bits per heavy atom. The molecule has 0 aliphatic heterocycles. The van der Waals surface area contributed by atoms with Gasteiger partial charge in [0.15, 0.2) is 0 Å². The fourth-order valence-electron chi connectivity index (χ4n) is 0.992. The summed E-state index contributed by atoms with van der Waals surface area (Å²) in [5.41, 5.74) is 1.09. The van der Waals surface area contributed by atoms with Crippen molar-refractivity contribution in [3.8, 4) is 6.07 Å². The first-order chi connectivity index (χ1) is 6.11. The summed E-state index contributed by atoms with van der Waals surface area (Å²) in [6.07, 6.45) is -0.0614. The fourth-order valence-corrected chi connectivity index (χ4v) is 1.53. The number of carbonyl (C=O) groups is 1. The molecule has 0 aliphatic carbocycles. The maximum atomic E-state index is 10.4. The summed E-state index contributed by atoms with van der Waals surface area (Å²) in [4.78, 5) is 10.4. The molecule has 1 aromatic rings. The van der Waals surface area contributed by atoms with Crippen LogP contribution < -0.4 is 0 Å². The third kappa shape index (κ3) is 2.88. The lowest BCUT2D eigenvalue weighted by Gasteiger charge is -1.98. The summed E-state index contributed by atoms with van der Waals surface area (Å²) < 4.78 is 0.725. The molecule has 0 fully saturated rings. The number of halogens is 1. The molecule has 0 bridgehead atoms. The van der Waals surface area contributed by atoms with E-state index in [1.165, 1.54) is 0 Å². The van der Waals surface area contributed by atoms with Crippen molar-refractivity contribution in [2.24, 2.45) is 0 Å². The van der Waals surface area contributed by atoms with Gasteiger partial charge in [-0.1, -0.05) is 15.9 Å². The average molecular weight is 240 g/mol. The van der Waals surface area contributed by atoms with E-state index in [0.29, 0.717) is 11.1 Å². The molecule has 0 radical (unpaired) electrons. The van der Waals surface area contributed by atoms with Gasteiger partial charge in [0.25, 0.3) is 0 Å². The van der Waals surface area contributed by atoms with Crippen molar-refractivity contribution < 1.29 is 9.90 Å². The third-order valence-electron chi connectivity index (χ3n) is 1.44. The molecule has 0 saturated carbocycles. The highest BCUT2D eigenvalue weighted by Gasteiger charge is 2.03. The monoisotopic (exact) mass is 239 g/mol. The zero-order valence-electron chi connectivity index (χ0n) is 6.62. The van der Waals surface area contributed by atoms with Crippen molar-refractivity contribution in [2.45, 2.75) is 6.42 Å². The molecule has 1 N–H and O–H groups in total. The number of nitrogens with zero attached hydrogens (tertiary/aromatic N) is 1. The Morgan fingerprint density at radius 2 is 2.23 bits per heavy atom. The standard InChI is InChI=1S/C9H6BrNO2/c10-8-2-6(4-9(12)13)1-7(3-8)5-11/h1-3H,4H2,(H,12,13). The first-order valence-corrected chi connectivity index (χ1v) is 4.32. The van der Waals surface area contributed by atoms with Gasteiger partial charge in [-0.2, -0.15) is 5.26 Å². The Balaban J connectivity index is 3.03. The van der Waals surface area contributed by atoms with Gasteiger partial charge in [-0.15, -0.1) is 0 Å². The summed E-state index contributed by atoms with van der Waals surface area (Å²) in [5.74, 6) is -0.901. The van der Waals surface area contributed by atoms with E-state index in [9.17, 15) is 4.79 Å². The maximum absolute atomic E-state index is 10.4. The van der Waals surface area contributed by atoms with E-state index in [2.05, 4.69) is 15.9 Å². The number of carboxylic acid groups (broad SMARTS) is 1. The van der Waals surface area contributed by atoms with Crippen molar-refractivity contribution in [1.29, 1.82) is 5.26 Å². The molecule has 4 heteroatoms. The van der Waals surface area contributed by atoms with E-state index >= 15 is 0 Å². The van der Waals surface area contributed by atoms with Crippen LogP contribution in [0.2, 0.25) is 0 Å². The van der Waals surface area contributed by atoms with Crippen LogP contribution in [0.1, 0.15) is 11.1 Å². The molecule has 13 heavy (non-hydrogen) atoms. The first-order valence-electron chi connectivity index (χ1n) is 3.53. The van der Waals surface area contributed by atoms with E-state index in [4.69, 9.17) is 10.4 Å². The number of hydrogen-bond donors (Lipinski definition) is 1. The molecule has 0 saturated heterocycles. The Kier molecular flexibility index (Phi) is 3.04.